The molecule has 0 radical (unpaired) electrons. The summed E-state index contributed by atoms with van der Waals surface area (Å²) < 4.78 is 25.6. The van der Waals surface area contributed by atoms with Crippen molar-refractivity contribution in [1.82, 2.24) is 5.32 Å². The highest BCUT2D eigenvalue weighted by Gasteiger charge is 2.42. The number of nitrogens with one attached hydrogen (secondary N) is 1. The number of carbonyl (C=O) groups is 1. The molecule has 2 saturated heterocycles. The van der Waals surface area contributed by atoms with E-state index in [1.54, 1.807) is 12.1 Å². The van der Waals surface area contributed by atoms with Gasteiger partial charge in [-0.2, -0.15) is 0 Å². The van der Waals surface area contributed by atoms with E-state index in [1.807, 2.05) is 0 Å². The third kappa shape index (κ3) is 3.12. The van der Waals surface area contributed by atoms with Crippen molar-refractivity contribution in [3.05, 3.63) is 34.6 Å². The predicted octanol–water partition coefficient (Wildman–Crippen LogP) is 2.64. The minimum absolute atomic E-state index is 0.157. The van der Waals surface area contributed by atoms with Crippen molar-refractivity contribution in [1.29, 1.82) is 0 Å². The first-order valence-electron chi connectivity index (χ1n) is 7.58. The molecule has 120 valence electrons. The van der Waals surface area contributed by atoms with E-state index in [-0.39, 0.29) is 11.9 Å². The zero-order valence-electron chi connectivity index (χ0n) is 12.2. The van der Waals surface area contributed by atoms with Gasteiger partial charge in [-0.15, -0.1) is 0 Å². The van der Waals surface area contributed by atoms with Gasteiger partial charge >= 0.3 is 5.97 Å². The van der Waals surface area contributed by atoms with Crippen LogP contribution in [-0.4, -0.2) is 32.3 Å². The van der Waals surface area contributed by atoms with Crippen LogP contribution in [0.3, 0.4) is 0 Å². The fourth-order valence-electron chi connectivity index (χ4n) is 3.12. The Hall–Kier alpha value is -1.17. The molecule has 1 aromatic carbocycles. The molecule has 6 heteroatoms. The smallest absolute Gasteiger partial charge is 0.311 e. The maximum atomic E-state index is 14.4. The summed E-state index contributed by atoms with van der Waals surface area (Å²) in [4.78, 5) is 12.4. The Kier molecular flexibility index (Phi) is 4.66. The Morgan fingerprint density at radius 1 is 1.41 bits per heavy atom. The van der Waals surface area contributed by atoms with Gasteiger partial charge in [0.05, 0.1) is 19.1 Å². The Morgan fingerprint density at radius 2 is 2.18 bits per heavy atom. The summed E-state index contributed by atoms with van der Waals surface area (Å²) in [6.45, 7) is 2.32. The van der Waals surface area contributed by atoms with Crippen LogP contribution in [0.4, 0.5) is 4.39 Å². The van der Waals surface area contributed by atoms with E-state index in [2.05, 4.69) is 5.32 Å². The second-order valence-electron chi connectivity index (χ2n) is 5.84. The van der Waals surface area contributed by atoms with Gasteiger partial charge in [0.2, 0.25) is 0 Å². The van der Waals surface area contributed by atoms with Gasteiger partial charge in [-0.05, 0) is 25.1 Å². The van der Waals surface area contributed by atoms with Gasteiger partial charge in [0.15, 0.2) is 0 Å². The largest absolute Gasteiger partial charge is 0.454 e. The predicted molar refractivity (Wildman–Crippen MR) is 80.2 cm³/mol. The highest BCUT2D eigenvalue weighted by Crippen LogP contribution is 2.39. The van der Waals surface area contributed by atoms with Gasteiger partial charge in [0, 0.05) is 30.0 Å². The third-order valence-electron chi connectivity index (χ3n) is 4.41. The summed E-state index contributed by atoms with van der Waals surface area (Å²) in [6, 6.07) is 4.50. The van der Waals surface area contributed by atoms with Crippen LogP contribution in [0.15, 0.2) is 18.2 Å². The molecule has 1 aromatic rings. The fraction of sp³-hybridized carbons (Fsp3) is 0.562. The average Bonchev–Trinajstić information content (AvgIpc) is 3.02. The molecule has 2 aliphatic rings. The van der Waals surface area contributed by atoms with Crippen molar-refractivity contribution in [3.63, 3.8) is 0 Å². The molecule has 0 aliphatic carbocycles. The van der Waals surface area contributed by atoms with Crippen molar-refractivity contribution in [3.8, 4) is 0 Å². The SMILES string of the molecule is O=C(OC1(c2ccc(Cl)cc2F)CCOCC1)C1CCNC1. The van der Waals surface area contributed by atoms with E-state index in [1.165, 1.54) is 6.07 Å². The monoisotopic (exact) mass is 327 g/mol. The van der Waals surface area contributed by atoms with E-state index in [0.29, 0.717) is 43.2 Å². The van der Waals surface area contributed by atoms with Crippen LogP contribution >= 0.6 is 11.6 Å². The van der Waals surface area contributed by atoms with Gasteiger partial charge < -0.3 is 14.8 Å². The first-order chi connectivity index (χ1) is 10.6. The summed E-state index contributed by atoms with van der Waals surface area (Å²) in [5.74, 6) is -0.858. The number of hydrogen-bond acceptors (Lipinski definition) is 4. The van der Waals surface area contributed by atoms with Crippen LogP contribution in [-0.2, 0) is 19.9 Å². The summed E-state index contributed by atoms with van der Waals surface area (Å²) in [5.41, 5.74) is -0.563. The number of rotatable bonds is 3. The molecule has 1 unspecified atom stereocenters. The molecule has 1 N–H and O–H groups in total. The summed E-state index contributed by atoms with van der Waals surface area (Å²) in [6.07, 6.45) is 1.67. The molecular formula is C16H19ClFNO3. The number of ether oxygens (including phenoxy) is 2. The van der Waals surface area contributed by atoms with Crippen LogP contribution in [0.5, 0.6) is 0 Å². The number of hydrogen-bond donors (Lipinski definition) is 1. The zero-order valence-corrected chi connectivity index (χ0v) is 13.0. The molecular weight excluding hydrogens is 309 g/mol. The Bertz CT molecular complexity index is 554. The lowest BCUT2D eigenvalue weighted by molar-refractivity contribution is -0.176. The Morgan fingerprint density at radius 3 is 2.82 bits per heavy atom. The molecule has 0 spiro atoms. The first kappa shape index (κ1) is 15.7. The molecule has 2 heterocycles. The molecule has 1 atom stereocenters. The molecule has 0 saturated carbocycles. The molecule has 2 aliphatic heterocycles. The fourth-order valence-corrected chi connectivity index (χ4v) is 3.28. The van der Waals surface area contributed by atoms with Crippen LogP contribution < -0.4 is 5.32 Å². The zero-order chi connectivity index (χ0) is 15.6. The lowest BCUT2D eigenvalue weighted by Crippen LogP contribution is -2.41. The third-order valence-corrected chi connectivity index (χ3v) is 4.65. The second-order valence-corrected chi connectivity index (χ2v) is 6.28. The van der Waals surface area contributed by atoms with E-state index in [4.69, 9.17) is 21.1 Å². The molecule has 3 rings (SSSR count). The standard InChI is InChI=1S/C16H19ClFNO3/c17-12-1-2-13(14(18)9-12)16(4-7-21-8-5-16)22-15(20)11-3-6-19-10-11/h1-2,9,11,19H,3-8,10H2. The quantitative estimate of drug-likeness (QED) is 0.867. The topological polar surface area (TPSA) is 47.6 Å². The van der Waals surface area contributed by atoms with Crippen LogP contribution in [0, 0.1) is 11.7 Å². The minimum atomic E-state index is -0.952. The van der Waals surface area contributed by atoms with E-state index in [0.717, 1.165) is 13.0 Å². The van der Waals surface area contributed by atoms with Crippen molar-refractivity contribution < 1.29 is 18.7 Å². The maximum Gasteiger partial charge on any atom is 0.311 e. The minimum Gasteiger partial charge on any atom is -0.454 e. The highest BCUT2D eigenvalue weighted by atomic mass is 35.5. The lowest BCUT2D eigenvalue weighted by atomic mass is 9.85. The van der Waals surface area contributed by atoms with Crippen LogP contribution in [0.1, 0.15) is 24.8 Å². The lowest BCUT2D eigenvalue weighted by Gasteiger charge is -2.38. The number of carbonyl (C=O) groups excluding carboxylic acids is 1. The van der Waals surface area contributed by atoms with E-state index >= 15 is 0 Å². The summed E-state index contributed by atoms with van der Waals surface area (Å²) in [5, 5.41) is 3.47. The number of benzene rings is 1. The van der Waals surface area contributed by atoms with E-state index in [9.17, 15) is 9.18 Å². The second kappa shape index (κ2) is 6.52. The summed E-state index contributed by atoms with van der Waals surface area (Å²) in [7, 11) is 0. The molecule has 0 aromatic heterocycles. The van der Waals surface area contributed by atoms with Crippen LogP contribution in [0.25, 0.3) is 0 Å². The summed E-state index contributed by atoms with van der Waals surface area (Å²) >= 11 is 5.83. The first-order valence-corrected chi connectivity index (χ1v) is 7.95. The average molecular weight is 328 g/mol. The molecule has 2 fully saturated rings. The van der Waals surface area contributed by atoms with Crippen LogP contribution in [0.2, 0.25) is 5.02 Å². The number of halogens is 2. The molecule has 0 amide bonds. The van der Waals surface area contributed by atoms with Crippen molar-refractivity contribution in [2.75, 3.05) is 26.3 Å². The molecule has 0 bridgehead atoms. The van der Waals surface area contributed by atoms with Crippen molar-refractivity contribution >= 4 is 17.6 Å². The maximum absolute atomic E-state index is 14.4. The van der Waals surface area contributed by atoms with Crippen molar-refractivity contribution in [2.45, 2.75) is 24.9 Å². The Labute approximate surface area is 133 Å². The normalized spacial score (nSPS) is 24.2. The van der Waals surface area contributed by atoms with Crippen molar-refractivity contribution in [2.24, 2.45) is 5.92 Å². The van der Waals surface area contributed by atoms with Gasteiger partial charge in [-0.25, -0.2) is 4.39 Å². The van der Waals surface area contributed by atoms with Gasteiger partial charge in [0.1, 0.15) is 11.4 Å². The molecule has 4 nitrogen and oxygen atoms in total. The molecule has 22 heavy (non-hydrogen) atoms. The Balaban J connectivity index is 1.88. The highest BCUT2D eigenvalue weighted by molar-refractivity contribution is 6.30. The van der Waals surface area contributed by atoms with Gasteiger partial charge in [0.25, 0.3) is 0 Å². The van der Waals surface area contributed by atoms with Gasteiger partial charge in [-0.3, -0.25) is 4.79 Å². The van der Waals surface area contributed by atoms with E-state index < -0.39 is 11.4 Å². The van der Waals surface area contributed by atoms with Gasteiger partial charge in [-0.1, -0.05) is 17.7 Å². The number of esters is 1.